The van der Waals surface area contributed by atoms with Crippen LogP contribution in [0.15, 0.2) is 30.7 Å². The molecular formula is C11H12N6S. The fourth-order valence-corrected chi connectivity index (χ4v) is 2.13. The highest BCUT2D eigenvalue weighted by Crippen LogP contribution is 2.17. The first-order chi connectivity index (χ1) is 8.66. The summed E-state index contributed by atoms with van der Waals surface area (Å²) in [6.45, 7) is 0. The molecule has 3 heterocycles. The fraction of sp³-hybridized carbons (Fsp3) is 0.182. The van der Waals surface area contributed by atoms with Gasteiger partial charge >= 0.3 is 0 Å². The van der Waals surface area contributed by atoms with Crippen LogP contribution in [0.2, 0.25) is 0 Å². The average molecular weight is 260 g/mol. The quantitative estimate of drug-likeness (QED) is 0.713. The second-order valence-corrected chi connectivity index (χ2v) is 4.44. The molecule has 0 unspecified atom stereocenters. The summed E-state index contributed by atoms with van der Waals surface area (Å²) in [6.07, 6.45) is 5.37. The Morgan fingerprint density at radius 3 is 2.72 bits per heavy atom. The van der Waals surface area contributed by atoms with E-state index in [1.165, 1.54) is 0 Å². The lowest BCUT2D eigenvalue weighted by Crippen LogP contribution is -2.04. The molecule has 6 nitrogen and oxygen atoms in total. The molecule has 0 spiro atoms. The monoisotopic (exact) mass is 260 g/mol. The van der Waals surface area contributed by atoms with Gasteiger partial charge in [-0.3, -0.25) is 9.78 Å². The van der Waals surface area contributed by atoms with Gasteiger partial charge in [-0.2, -0.15) is 5.10 Å². The second-order valence-electron chi connectivity index (χ2n) is 4.02. The highest BCUT2D eigenvalue weighted by Gasteiger charge is 2.10. The topological polar surface area (TPSA) is 56.4 Å². The molecule has 3 aromatic heterocycles. The normalized spacial score (nSPS) is 11.0. The van der Waals surface area contributed by atoms with Crippen LogP contribution in [0.25, 0.3) is 17.3 Å². The molecule has 0 atom stereocenters. The van der Waals surface area contributed by atoms with E-state index in [-0.39, 0.29) is 0 Å². The number of aromatic amines is 1. The third kappa shape index (κ3) is 1.60. The van der Waals surface area contributed by atoms with Gasteiger partial charge in [-0.15, -0.1) is 0 Å². The molecule has 0 amide bonds. The van der Waals surface area contributed by atoms with Crippen molar-refractivity contribution in [2.24, 2.45) is 14.1 Å². The van der Waals surface area contributed by atoms with E-state index in [0.717, 1.165) is 17.3 Å². The Hall–Kier alpha value is -2.15. The van der Waals surface area contributed by atoms with Crippen LogP contribution in [0.3, 0.4) is 0 Å². The summed E-state index contributed by atoms with van der Waals surface area (Å²) in [5, 5.41) is 7.38. The maximum absolute atomic E-state index is 5.35. The number of nitrogens with one attached hydrogen (secondary N) is 1. The van der Waals surface area contributed by atoms with E-state index in [2.05, 4.69) is 15.2 Å². The third-order valence-corrected chi connectivity index (χ3v) is 3.11. The first-order valence-corrected chi connectivity index (χ1v) is 5.86. The number of hydrogen-bond donors (Lipinski definition) is 1. The summed E-state index contributed by atoms with van der Waals surface area (Å²) in [5.74, 6) is 0.758. The van der Waals surface area contributed by atoms with Crippen molar-refractivity contribution in [2.75, 3.05) is 0 Å². The average Bonchev–Trinajstić information content (AvgIpc) is 3.00. The number of hydrogen-bond acceptors (Lipinski definition) is 3. The highest BCUT2D eigenvalue weighted by molar-refractivity contribution is 7.71. The summed E-state index contributed by atoms with van der Waals surface area (Å²) >= 11 is 5.35. The SMILES string of the molecule is Cn1ccnc1-n1[nH]c(-c2ccnn2C)cc1=S. The summed E-state index contributed by atoms with van der Waals surface area (Å²) < 4.78 is 6.15. The van der Waals surface area contributed by atoms with Crippen molar-refractivity contribution in [1.82, 2.24) is 29.1 Å². The first-order valence-electron chi connectivity index (χ1n) is 5.45. The largest absolute Gasteiger partial charge is 0.319 e. The molecule has 3 rings (SSSR count). The number of nitrogens with zero attached hydrogens (tertiary/aromatic N) is 5. The maximum atomic E-state index is 5.35. The Bertz CT molecular complexity index is 744. The van der Waals surface area contributed by atoms with Crippen LogP contribution in [0, 0.1) is 4.64 Å². The van der Waals surface area contributed by atoms with Crippen molar-refractivity contribution >= 4 is 12.2 Å². The molecule has 1 N–H and O–H groups in total. The van der Waals surface area contributed by atoms with Gasteiger partial charge in [0.25, 0.3) is 0 Å². The first kappa shape index (κ1) is 11.0. The fourth-order valence-electron chi connectivity index (χ4n) is 1.89. The van der Waals surface area contributed by atoms with Crippen molar-refractivity contribution in [3.63, 3.8) is 0 Å². The second kappa shape index (κ2) is 3.95. The molecular weight excluding hydrogens is 248 g/mol. The van der Waals surface area contributed by atoms with Gasteiger partial charge in [0.2, 0.25) is 5.95 Å². The van der Waals surface area contributed by atoms with Crippen LogP contribution < -0.4 is 0 Å². The molecule has 0 bridgehead atoms. The highest BCUT2D eigenvalue weighted by atomic mass is 32.1. The number of aromatic nitrogens is 6. The van der Waals surface area contributed by atoms with Crippen LogP contribution in [0.5, 0.6) is 0 Å². The molecule has 7 heteroatoms. The molecule has 0 aliphatic carbocycles. The predicted octanol–water partition coefficient (Wildman–Crippen LogP) is 1.67. The zero-order valence-electron chi connectivity index (χ0n) is 10.0. The van der Waals surface area contributed by atoms with Gasteiger partial charge in [0.1, 0.15) is 4.64 Å². The van der Waals surface area contributed by atoms with Gasteiger partial charge in [0.15, 0.2) is 0 Å². The minimum Gasteiger partial charge on any atom is -0.319 e. The molecule has 0 fully saturated rings. The molecule has 0 saturated carbocycles. The van der Waals surface area contributed by atoms with Crippen molar-refractivity contribution in [3.05, 3.63) is 35.4 Å². The lowest BCUT2D eigenvalue weighted by Gasteiger charge is -2.02. The molecule has 3 aromatic rings. The van der Waals surface area contributed by atoms with Gasteiger partial charge in [-0.25, -0.2) is 9.67 Å². The minimum atomic E-state index is 0.681. The number of rotatable bonds is 2. The van der Waals surface area contributed by atoms with Gasteiger partial charge in [-0.05, 0) is 6.07 Å². The summed E-state index contributed by atoms with van der Waals surface area (Å²) in [5.41, 5.74) is 1.90. The third-order valence-electron chi connectivity index (χ3n) is 2.81. The number of aryl methyl sites for hydroxylation is 2. The standard InChI is InChI=1S/C11H12N6S/c1-15-6-5-12-11(15)17-10(18)7-8(14-17)9-3-4-13-16(9)2/h3-7,14H,1-2H3. The molecule has 0 aromatic carbocycles. The predicted molar refractivity (Wildman–Crippen MR) is 69.9 cm³/mol. The van der Waals surface area contributed by atoms with Crippen LogP contribution in [-0.2, 0) is 14.1 Å². The van der Waals surface area contributed by atoms with E-state index in [1.54, 1.807) is 21.8 Å². The lowest BCUT2D eigenvalue weighted by atomic mass is 10.3. The van der Waals surface area contributed by atoms with E-state index in [0.29, 0.717) is 4.64 Å². The number of H-pyrrole nitrogens is 1. The Morgan fingerprint density at radius 2 is 2.11 bits per heavy atom. The van der Waals surface area contributed by atoms with E-state index in [4.69, 9.17) is 12.2 Å². The molecule has 0 saturated heterocycles. The van der Waals surface area contributed by atoms with Crippen LogP contribution in [0.1, 0.15) is 0 Å². The zero-order chi connectivity index (χ0) is 12.7. The lowest BCUT2D eigenvalue weighted by molar-refractivity contribution is 0.737. The zero-order valence-corrected chi connectivity index (χ0v) is 10.8. The van der Waals surface area contributed by atoms with E-state index in [9.17, 15) is 0 Å². The van der Waals surface area contributed by atoms with E-state index in [1.807, 2.05) is 37.0 Å². The van der Waals surface area contributed by atoms with E-state index >= 15 is 0 Å². The van der Waals surface area contributed by atoms with Gasteiger partial charge < -0.3 is 4.57 Å². The maximum Gasteiger partial charge on any atom is 0.229 e. The van der Waals surface area contributed by atoms with Gasteiger partial charge in [0.05, 0.1) is 11.4 Å². The minimum absolute atomic E-state index is 0.681. The summed E-state index contributed by atoms with van der Waals surface area (Å²) in [7, 11) is 3.82. The molecule has 0 aliphatic rings. The Balaban J connectivity index is 2.16. The van der Waals surface area contributed by atoms with E-state index < -0.39 is 0 Å². The van der Waals surface area contributed by atoms with Crippen molar-refractivity contribution in [3.8, 4) is 17.3 Å². The molecule has 0 radical (unpaired) electrons. The Kier molecular flexibility index (Phi) is 2.41. The van der Waals surface area contributed by atoms with Crippen molar-refractivity contribution in [1.29, 1.82) is 0 Å². The van der Waals surface area contributed by atoms with Crippen molar-refractivity contribution < 1.29 is 0 Å². The number of imidazole rings is 1. The van der Waals surface area contributed by atoms with Crippen LogP contribution >= 0.6 is 12.2 Å². The molecule has 92 valence electrons. The Labute approximate surface area is 108 Å². The molecule has 18 heavy (non-hydrogen) atoms. The summed E-state index contributed by atoms with van der Waals surface area (Å²) in [6, 6.07) is 3.84. The summed E-state index contributed by atoms with van der Waals surface area (Å²) in [4.78, 5) is 4.27. The van der Waals surface area contributed by atoms with Crippen LogP contribution in [0.4, 0.5) is 0 Å². The van der Waals surface area contributed by atoms with Gasteiger partial charge in [-0.1, -0.05) is 12.2 Å². The Morgan fingerprint density at radius 1 is 1.28 bits per heavy atom. The molecule has 0 aliphatic heterocycles. The smallest absolute Gasteiger partial charge is 0.229 e. The van der Waals surface area contributed by atoms with Crippen molar-refractivity contribution in [2.45, 2.75) is 0 Å². The van der Waals surface area contributed by atoms with Gasteiger partial charge in [0, 0.05) is 38.8 Å². The van der Waals surface area contributed by atoms with Crippen LogP contribution in [-0.4, -0.2) is 29.1 Å².